The van der Waals surface area contributed by atoms with Crippen LogP contribution in [0.1, 0.15) is 26.7 Å². The molecule has 0 aromatic rings. The molecule has 78 valence electrons. The maximum atomic E-state index is 11.1. The lowest BCUT2D eigenvalue weighted by Crippen LogP contribution is -2.38. The van der Waals surface area contributed by atoms with Crippen LogP contribution in [0, 0.1) is 0 Å². The van der Waals surface area contributed by atoms with Gasteiger partial charge in [-0.15, -0.1) is 0 Å². The van der Waals surface area contributed by atoms with Gasteiger partial charge in [-0.2, -0.15) is 0 Å². The lowest BCUT2D eigenvalue weighted by molar-refractivity contribution is -0.130. The molecule has 0 aromatic carbocycles. The molecule has 13 heavy (non-hydrogen) atoms. The number of aliphatic hydroxyl groups is 1. The lowest BCUT2D eigenvalue weighted by atomic mass is 10.2. The van der Waals surface area contributed by atoms with E-state index in [9.17, 15) is 9.90 Å². The maximum absolute atomic E-state index is 11.1. The van der Waals surface area contributed by atoms with E-state index in [4.69, 9.17) is 4.74 Å². The second-order valence-corrected chi connectivity index (χ2v) is 3.07. The summed E-state index contributed by atoms with van der Waals surface area (Å²) in [4.78, 5) is 11.1. The molecule has 2 atom stereocenters. The molecule has 0 aliphatic rings. The Bertz CT molecular complexity index is 150. The summed E-state index contributed by atoms with van der Waals surface area (Å²) in [5.41, 5.74) is 0. The van der Waals surface area contributed by atoms with Gasteiger partial charge in [0.15, 0.2) is 0 Å². The predicted octanol–water partition coefficient (Wildman–Crippen LogP) is 0.298. The number of amides is 1. The Morgan fingerprint density at radius 1 is 1.62 bits per heavy atom. The first-order valence-electron chi connectivity index (χ1n) is 4.60. The van der Waals surface area contributed by atoms with Crippen LogP contribution >= 0.6 is 0 Å². The molecule has 2 N–H and O–H groups in total. The van der Waals surface area contributed by atoms with Crippen molar-refractivity contribution in [1.82, 2.24) is 5.32 Å². The fourth-order valence-electron chi connectivity index (χ4n) is 0.904. The zero-order valence-electron chi connectivity index (χ0n) is 8.54. The van der Waals surface area contributed by atoms with Gasteiger partial charge >= 0.3 is 0 Å². The lowest BCUT2D eigenvalue weighted by Gasteiger charge is -2.13. The Hall–Kier alpha value is -0.610. The van der Waals surface area contributed by atoms with Gasteiger partial charge in [0.25, 0.3) is 0 Å². The number of ether oxygens (including phenoxy) is 1. The second-order valence-electron chi connectivity index (χ2n) is 3.07. The number of methoxy groups -OCH3 is 1. The highest BCUT2D eigenvalue weighted by atomic mass is 16.5. The van der Waals surface area contributed by atoms with Gasteiger partial charge in [0, 0.05) is 13.7 Å². The Labute approximate surface area is 79.3 Å². The van der Waals surface area contributed by atoms with E-state index in [1.54, 1.807) is 6.92 Å². The minimum Gasteiger partial charge on any atom is -0.391 e. The summed E-state index contributed by atoms with van der Waals surface area (Å²) in [5.74, 6) is -0.183. The fraction of sp³-hybridized carbons (Fsp3) is 0.889. The standard InChI is InChI=1S/C9H19NO3/c1-4-5-8(11)6-10-9(12)7(2)13-3/h7-8,11H,4-6H2,1-3H3,(H,10,12). The molecule has 4 nitrogen and oxygen atoms in total. The quantitative estimate of drug-likeness (QED) is 0.631. The van der Waals surface area contributed by atoms with Crippen molar-refractivity contribution >= 4 is 5.91 Å². The molecule has 0 saturated carbocycles. The molecular weight excluding hydrogens is 170 g/mol. The Morgan fingerprint density at radius 2 is 2.23 bits per heavy atom. The van der Waals surface area contributed by atoms with Crippen LogP contribution in [0.25, 0.3) is 0 Å². The molecule has 0 radical (unpaired) electrons. The van der Waals surface area contributed by atoms with E-state index in [1.807, 2.05) is 6.92 Å². The van der Waals surface area contributed by atoms with E-state index >= 15 is 0 Å². The third-order valence-corrected chi connectivity index (χ3v) is 1.86. The number of hydrogen-bond donors (Lipinski definition) is 2. The van der Waals surface area contributed by atoms with Crippen LogP contribution in [0.2, 0.25) is 0 Å². The van der Waals surface area contributed by atoms with Gasteiger partial charge in [-0.05, 0) is 13.3 Å². The molecule has 0 aliphatic heterocycles. The molecular formula is C9H19NO3. The number of carbonyl (C=O) groups is 1. The van der Waals surface area contributed by atoms with Crippen LogP contribution in [0.4, 0.5) is 0 Å². The van der Waals surface area contributed by atoms with E-state index in [2.05, 4.69) is 5.32 Å². The highest BCUT2D eigenvalue weighted by Gasteiger charge is 2.12. The fourth-order valence-corrected chi connectivity index (χ4v) is 0.904. The van der Waals surface area contributed by atoms with Gasteiger partial charge in [-0.3, -0.25) is 4.79 Å². The van der Waals surface area contributed by atoms with Gasteiger partial charge in [0.05, 0.1) is 6.10 Å². The topological polar surface area (TPSA) is 58.6 Å². The minimum absolute atomic E-state index is 0.183. The molecule has 2 unspecified atom stereocenters. The summed E-state index contributed by atoms with van der Waals surface area (Å²) in [6.45, 7) is 3.96. The van der Waals surface area contributed by atoms with E-state index in [1.165, 1.54) is 7.11 Å². The average molecular weight is 189 g/mol. The van der Waals surface area contributed by atoms with E-state index in [-0.39, 0.29) is 5.91 Å². The molecule has 0 bridgehead atoms. The van der Waals surface area contributed by atoms with Crippen molar-refractivity contribution < 1.29 is 14.6 Å². The summed E-state index contributed by atoms with van der Waals surface area (Å²) in [5, 5.41) is 11.9. The van der Waals surface area contributed by atoms with Crippen molar-refractivity contribution in [3.8, 4) is 0 Å². The van der Waals surface area contributed by atoms with Gasteiger partial charge in [0.1, 0.15) is 6.10 Å². The Kier molecular flexibility index (Phi) is 6.54. The SMILES string of the molecule is CCCC(O)CNC(=O)C(C)OC. The van der Waals surface area contributed by atoms with E-state index < -0.39 is 12.2 Å². The number of hydrogen-bond acceptors (Lipinski definition) is 3. The van der Waals surface area contributed by atoms with Crippen molar-refractivity contribution in [2.75, 3.05) is 13.7 Å². The molecule has 0 aliphatic carbocycles. The first-order chi connectivity index (χ1) is 6.11. The minimum atomic E-state index is -0.450. The smallest absolute Gasteiger partial charge is 0.248 e. The molecule has 0 spiro atoms. The summed E-state index contributed by atoms with van der Waals surface area (Å²) in [6, 6.07) is 0. The normalized spacial score (nSPS) is 15.1. The Balaban J connectivity index is 3.57. The van der Waals surface area contributed by atoms with Gasteiger partial charge < -0.3 is 15.2 Å². The van der Waals surface area contributed by atoms with Crippen LogP contribution in [0.15, 0.2) is 0 Å². The molecule has 4 heteroatoms. The third kappa shape index (κ3) is 5.60. The maximum Gasteiger partial charge on any atom is 0.248 e. The zero-order valence-corrected chi connectivity index (χ0v) is 8.54. The van der Waals surface area contributed by atoms with E-state index in [0.717, 1.165) is 6.42 Å². The van der Waals surface area contributed by atoms with Crippen molar-refractivity contribution in [3.63, 3.8) is 0 Å². The number of aliphatic hydroxyl groups excluding tert-OH is 1. The number of carbonyl (C=O) groups excluding carboxylic acids is 1. The average Bonchev–Trinajstić information content (AvgIpc) is 2.13. The van der Waals surface area contributed by atoms with Crippen molar-refractivity contribution in [1.29, 1.82) is 0 Å². The van der Waals surface area contributed by atoms with Crippen LogP contribution < -0.4 is 5.32 Å². The molecule has 0 aromatic heterocycles. The second kappa shape index (κ2) is 6.86. The van der Waals surface area contributed by atoms with Crippen molar-refractivity contribution in [2.24, 2.45) is 0 Å². The summed E-state index contributed by atoms with van der Waals surface area (Å²) in [6.07, 6.45) is 0.727. The van der Waals surface area contributed by atoms with Crippen LogP contribution in [-0.2, 0) is 9.53 Å². The summed E-state index contributed by atoms with van der Waals surface area (Å²) in [7, 11) is 1.48. The molecule has 0 rings (SSSR count). The van der Waals surface area contributed by atoms with Gasteiger partial charge in [-0.1, -0.05) is 13.3 Å². The third-order valence-electron chi connectivity index (χ3n) is 1.86. The summed E-state index contributed by atoms with van der Waals surface area (Å²) >= 11 is 0. The predicted molar refractivity (Wildman–Crippen MR) is 50.4 cm³/mol. The number of nitrogens with one attached hydrogen (secondary N) is 1. The van der Waals surface area contributed by atoms with Crippen molar-refractivity contribution in [2.45, 2.75) is 38.9 Å². The van der Waals surface area contributed by atoms with Crippen molar-refractivity contribution in [3.05, 3.63) is 0 Å². The largest absolute Gasteiger partial charge is 0.391 e. The number of rotatable bonds is 6. The highest BCUT2D eigenvalue weighted by molar-refractivity contribution is 5.80. The molecule has 0 heterocycles. The first kappa shape index (κ1) is 12.4. The molecule has 0 fully saturated rings. The zero-order chi connectivity index (χ0) is 10.3. The summed E-state index contributed by atoms with van der Waals surface area (Å²) < 4.78 is 4.81. The van der Waals surface area contributed by atoms with Gasteiger partial charge in [0.2, 0.25) is 5.91 Å². The molecule has 1 amide bonds. The van der Waals surface area contributed by atoms with Crippen LogP contribution in [-0.4, -0.2) is 36.9 Å². The highest BCUT2D eigenvalue weighted by Crippen LogP contribution is 1.94. The van der Waals surface area contributed by atoms with Crippen LogP contribution in [0.3, 0.4) is 0 Å². The van der Waals surface area contributed by atoms with Gasteiger partial charge in [-0.25, -0.2) is 0 Å². The first-order valence-corrected chi connectivity index (χ1v) is 4.60. The Morgan fingerprint density at radius 3 is 2.69 bits per heavy atom. The monoisotopic (exact) mass is 189 g/mol. The van der Waals surface area contributed by atoms with E-state index in [0.29, 0.717) is 13.0 Å². The van der Waals surface area contributed by atoms with Crippen LogP contribution in [0.5, 0.6) is 0 Å². The molecule has 0 saturated heterocycles.